The van der Waals surface area contributed by atoms with Gasteiger partial charge in [0.25, 0.3) is 0 Å². The molecule has 2 aliphatic rings. The zero-order valence-electron chi connectivity index (χ0n) is 12.8. The molecular weight excluding hydrogens is 262 g/mol. The second-order valence-corrected chi connectivity index (χ2v) is 6.49. The molecular formula is C17H25N3O. The summed E-state index contributed by atoms with van der Waals surface area (Å²) in [5.74, 6) is 2.33. The van der Waals surface area contributed by atoms with Crippen LogP contribution in [0.2, 0.25) is 0 Å². The normalized spacial score (nSPS) is 20.1. The highest BCUT2D eigenvalue weighted by atomic mass is 16.1. The Morgan fingerprint density at radius 1 is 1.38 bits per heavy atom. The van der Waals surface area contributed by atoms with E-state index >= 15 is 0 Å². The summed E-state index contributed by atoms with van der Waals surface area (Å²) < 4.78 is 0. The van der Waals surface area contributed by atoms with Gasteiger partial charge in [-0.15, -0.1) is 0 Å². The van der Waals surface area contributed by atoms with E-state index in [1.54, 1.807) is 0 Å². The third kappa shape index (κ3) is 3.74. The summed E-state index contributed by atoms with van der Waals surface area (Å²) in [7, 11) is 0. The number of hydrogen-bond donors (Lipinski definition) is 1. The highest BCUT2D eigenvalue weighted by Gasteiger charge is 2.29. The smallest absolute Gasteiger partial charge is 0.224 e. The average Bonchev–Trinajstić information content (AvgIpc) is 3.33. The van der Waals surface area contributed by atoms with E-state index < -0.39 is 0 Å². The zero-order valence-corrected chi connectivity index (χ0v) is 12.8. The van der Waals surface area contributed by atoms with Crippen molar-refractivity contribution in [3.8, 4) is 0 Å². The van der Waals surface area contributed by atoms with Crippen molar-refractivity contribution >= 4 is 17.4 Å². The molecule has 0 aromatic carbocycles. The molecule has 0 bridgehead atoms. The monoisotopic (exact) mass is 287 g/mol. The number of anilines is 2. The van der Waals surface area contributed by atoms with Gasteiger partial charge < -0.3 is 10.2 Å². The molecule has 0 spiro atoms. The molecule has 0 radical (unpaired) electrons. The molecule has 2 heterocycles. The number of carbonyl (C=O) groups is 1. The van der Waals surface area contributed by atoms with Gasteiger partial charge in [-0.25, -0.2) is 4.98 Å². The minimum atomic E-state index is 0.126. The van der Waals surface area contributed by atoms with Crippen LogP contribution in [-0.2, 0) is 4.79 Å². The van der Waals surface area contributed by atoms with Gasteiger partial charge in [0.05, 0.1) is 5.69 Å². The molecule has 1 amide bonds. The van der Waals surface area contributed by atoms with Crippen molar-refractivity contribution in [1.82, 2.24) is 4.98 Å². The summed E-state index contributed by atoms with van der Waals surface area (Å²) in [5.41, 5.74) is 0.868. The van der Waals surface area contributed by atoms with E-state index in [1.165, 1.54) is 32.1 Å². The zero-order chi connectivity index (χ0) is 14.7. The molecule has 1 aliphatic carbocycles. The summed E-state index contributed by atoms with van der Waals surface area (Å²) in [4.78, 5) is 19.0. The number of nitrogens with zero attached hydrogens (tertiary/aromatic N) is 2. The fourth-order valence-corrected chi connectivity index (χ4v) is 3.18. The summed E-state index contributed by atoms with van der Waals surface area (Å²) in [5, 5.41) is 3.08. The number of hydrogen-bond acceptors (Lipinski definition) is 3. The molecule has 1 atom stereocenters. The van der Waals surface area contributed by atoms with E-state index in [0.29, 0.717) is 12.3 Å². The molecule has 21 heavy (non-hydrogen) atoms. The topological polar surface area (TPSA) is 45.2 Å². The highest BCUT2D eigenvalue weighted by Crippen LogP contribution is 2.38. The van der Waals surface area contributed by atoms with E-state index in [1.807, 2.05) is 18.3 Å². The Hall–Kier alpha value is -1.58. The number of carbonyl (C=O) groups excluding carboxylic acids is 1. The third-order valence-corrected chi connectivity index (χ3v) is 4.65. The van der Waals surface area contributed by atoms with E-state index in [4.69, 9.17) is 0 Å². The highest BCUT2D eigenvalue weighted by molar-refractivity contribution is 5.93. The van der Waals surface area contributed by atoms with E-state index in [0.717, 1.165) is 30.5 Å². The van der Waals surface area contributed by atoms with Gasteiger partial charge in [0.1, 0.15) is 0 Å². The lowest BCUT2D eigenvalue weighted by Gasteiger charge is -2.29. The van der Waals surface area contributed by atoms with Gasteiger partial charge >= 0.3 is 0 Å². The van der Waals surface area contributed by atoms with Gasteiger partial charge in [-0.1, -0.05) is 6.92 Å². The maximum atomic E-state index is 12.2. The number of rotatable bonds is 5. The van der Waals surface area contributed by atoms with Crippen molar-refractivity contribution in [2.75, 3.05) is 23.3 Å². The maximum absolute atomic E-state index is 12.2. The molecule has 4 nitrogen and oxygen atoms in total. The van der Waals surface area contributed by atoms with Crippen molar-refractivity contribution in [1.29, 1.82) is 0 Å². The molecule has 3 rings (SSSR count). The fourth-order valence-electron chi connectivity index (χ4n) is 3.18. The molecule has 2 fully saturated rings. The van der Waals surface area contributed by atoms with Crippen LogP contribution in [-0.4, -0.2) is 24.0 Å². The molecule has 1 aromatic heterocycles. The minimum absolute atomic E-state index is 0.126. The maximum Gasteiger partial charge on any atom is 0.224 e. The van der Waals surface area contributed by atoms with Gasteiger partial charge in [0.2, 0.25) is 5.91 Å². The third-order valence-electron chi connectivity index (χ3n) is 4.65. The first kappa shape index (κ1) is 14.4. The Morgan fingerprint density at radius 2 is 2.14 bits per heavy atom. The largest absolute Gasteiger partial charge is 0.355 e. The minimum Gasteiger partial charge on any atom is -0.355 e. The summed E-state index contributed by atoms with van der Waals surface area (Å²) in [6, 6.07) is 3.87. The van der Waals surface area contributed by atoms with Crippen LogP contribution in [0.1, 0.15) is 45.4 Å². The van der Waals surface area contributed by atoms with Crippen molar-refractivity contribution in [2.24, 2.45) is 11.8 Å². The number of piperidine rings is 1. The second kappa shape index (κ2) is 6.46. The molecule has 4 heteroatoms. The van der Waals surface area contributed by atoms with Crippen molar-refractivity contribution in [3.63, 3.8) is 0 Å². The quantitative estimate of drug-likeness (QED) is 0.902. The molecule has 1 saturated carbocycles. The van der Waals surface area contributed by atoms with Gasteiger partial charge in [-0.05, 0) is 56.1 Å². The number of aromatic nitrogens is 1. The molecule has 1 aliphatic heterocycles. The van der Waals surface area contributed by atoms with Crippen LogP contribution in [0.25, 0.3) is 0 Å². The second-order valence-electron chi connectivity index (χ2n) is 6.49. The van der Waals surface area contributed by atoms with Gasteiger partial charge in [0, 0.05) is 25.7 Å². The van der Waals surface area contributed by atoms with Crippen LogP contribution in [0.5, 0.6) is 0 Å². The SMILES string of the molecule is C[C@@H](CC(=O)Nc1cccnc1N1CCCCC1)C1CC1. The molecule has 0 unspecified atom stereocenters. The Labute approximate surface area is 126 Å². The number of amides is 1. The number of pyridine rings is 1. The Bertz CT molecular complexity index is 493. The predicted molar refractivity (Wildman–Crippen MR) is 85.4 cm³/mol. The lowest BCUT2D eigenvalue weighted by molar-refractivity contribution is -0.117. The average molecular weight is 287 g/mol. The van der Waals surface area contributed by atoms with Gasteiger partial charge in [-0.2, -0.15) is 0 Å². The molecule has 114 valence electrons. The first-order valence-corrected chi connectivity index (χ1v) is 8.24. The summed E-state index contributed by atoms with van der Waals surface area (Å²) >= 11 is 0. The van der Waals surface area contributed by atoms with Crippen molar-refractivity contribution < 1.29 is 4.79 Å². The summed E-state index contributed by atoms with van der Waals surface area (Å²) in [6.07, 6.45) is 8.74. The van der Waals surface area contributed by atoms with Crippen LogP contribution < -0.4 is 10.2 Å². The summed E-state index contributed by atoms with van der Waals surface area (Å²) in [6.45, 7) is 4.27. The van der Waals surface area contributed by atoms with E-state index in [-0.39, 0.29) is 5.91 Å². The molecule has 1 aromatic rings. The van der Waals surface area contributed by atoms with Gasteiger partial charge in [0.15, 0.2) is 5.82 Å². The lowest BCUT2D eigenvalue weighted by atomic mass is 10.0. The Morgan fingerprint density at radius 3 is 2.86 bits per heavy atom. The van der Waals surface area contributed by atoms with Crippen LogP contribution >= 0.6 is 0 Å². The van der Waals surface area contributed by atoms with E-state index in [2.05, 4.69) is 22.1 Å². The Kier molecular flexibility index (Phi) is 4.42. The first-order chi connectivity index (χ1) is 10.2. The predicted octanol–water partition coefficient (Wildman–Crippen LogP) is 3.45. The lowest BCUT2D eigenvalue weighted by Crippen LogP contribution is -2.31. The fraction of sp³-hybridized carbons (Fsp3) is 0.647. The van der Waals surface area contributed by atoms with E-state index in [9.17, 15) is 4.79 Å². The Balaban J connectivity index is 1.65. The van der Waals surface area contributed by atoms with Gasteiger partial charge in [-0.3, -0.25) is 4.79 Å². The van der Waals surface area contributed by atoms with Crippen molar-refractivity contribution in [2.45, 2.75) is 45.4 Å². The molecule has 1 N–H and O–H groups in total. The standard InChI is InChI=1S/C17H25N3O/c1-13(14-7-8-14)12-16(21)19-15-6-5-9-18-17(15)20-10-3-2-4-11-20/h5-6,9,13-14H,2-4,7-8,10-12H2,1H3,(H,19,21)/t13-/m0/s1. The first-order valence-electron chi connectivity index (χ1n) is 8.24. The van der Waals surface area contributed by atoms with Crippen LogP contribution in [0, 0.1) is 11.8 Å². The number of nitrogens with one attached hydrogen (secondary N) is 1. The van der Waals surface area contributed by atoms with Crippen LogP contribution in [0.3, 0.4) is 0 Å². The van der Waals surface area contributed by atoms with Crippen LogP contribution in [0.4, 0.5) is 11.5 Å². The van der Waals surface area contributed by atoms with Crippen molar-refractivity contribution in [3.05, 3.63) is 18.3 Å². The molecule has 1 saturated heterocycles. The van der Waals surface area contributed by atoms with Crippen LogP contribution in [0.15, 0.2) is 18.3 Å².